The Balaban J connectivity index is 2.91. The van der Waals surface area contributed by atoms with Crippen molar-refractivity contribution >= 4 is 25.6 Å². The summed E-state index contributed by atoms with van der Waals surface area (Å²) >= 11 is 0. The molecule has 0 saturated heterocycles. The Morgan fingerprint density at radius 2 is 1.67 bits per heavy atom. The first-order chi connectivity index (χ1) is 9.70. The highest BCUT2D eigenvalue weighted by atomic mass is 35.7. The van der Waals surface area contributed by atoms with E-state index in [1.165, 1.54) is 0 Å². The molecule has 5 nitrogen and oxygen atoms in total. The van der Waals surface area contributed by atoms with Crippen LogP contribution in [0.5, 0.6) is 5.75 Å². The minimum atomic E-state index is -3.79. The number of hydrogen-bond donors (Lipinski definition) is 0. The van der Waals surface area contributed by atoms with E-state index >= 15 is 0 Å². The van der Waals surface area contributed by atoms with Gasteiger partial charge in [0.15, 0.2) is 6.61 Å². The van der Waals surface area contributed by atoms with Gasteiger partial charge in [0, 0.05) is 23.8 Å². The van der Waals surface area contributed by atoms with Crippen molar-refractivity contribution in [1.29, 1.82) is 0 Å². The number of benzene rings is 1. The Morgan fingerprint density at radius 3 is 2.05 bits per heavy atom. The number of likely N-dealkylation sites (N-methyl/N-ethyl adjacent to an activating group) is 1. The third-order valence-corrected chi connectivity index (χ3v) is 4.75. The zero-order chi connectivity index (χ0) is 16.2. The average molecular weight is 334 g/mol. The highest BCUT2D eigenvalue weighted by molar-refractivity contribution is 8.13. The first-order valence-corrected chi connectivity index (χ1v) is 8.98. The van der Waals surface area contributed by atoms with Gasteiger partial charge in [-0.1, -0.05) is 0 Å². The molecule has 1 amide bonds. The summed E-state index contributed by atoms with van der Waals surface area (Å²) < 4.78 is 28.4. The van der Waals surface area contributed by atoms with Crippen molar-refractivity contribution in [2.24, 2.45) is 0 Å². The second-order valence-electron chi connectivity index (χ2n) is 4.68. The van der Waals surface area contributed by atoms with Crippen LogP contribution in [0.3, 0.4) is 0 Å². The smallest absolute Gasteiger partial charge is 0.261 e. The van der Waals surface area contributed by atoms with Crippen molar-refractivity contribution in [3.05, 3.63) is 23.3 Å². The second-order valence-corrected chi connectivity index (χ2v) is 7.18. The van der Waals surface area contributed by atoms with Gasteiger partial charge in [0.1, 0.15) is 5.75 Å². The third-order valence-electron chi connectivity index (χ3n) is 3.16. The largest absolute Gasteiger partial charge is 0.484 e. The molecule has 0 saturated carbocycles. The van der Waals surface area contributed by atoms with Crippen molar-refractivity contribution in [1.82, 2.24) is 4.90 Å². The van der Waals surface area contributed by atoms with Crippen LogP contribution in [0.2, 0.25) is 0 Å². The van der Waals surface area contributed by atoms with Gasteiger partial charge in [0.05, 0.1) is 4.90 Å². The lowest BCUT2D eigenvalue weighted by Gasteiger charge is -2.19. The second kappa shape index (κ2) is 7.13. The molecule has 1 rings (SSSR count). The van der Waals surface area contributed by atoms with E-state index in [1.807, 2.05) is 13.8 Å². The first kappa shape index (κ1) is 17.8. The Labute approximate surface area is 130 Å². The molecule has 0 heterocycles. The Morgan fingerprint density at radius 1 is 1.19 bits per heavy atom. The molecule has 0 spiro atoms. The lowest BCUT2D eigenvalue weighted by atomic mass is 10.1. The molecule has 0 radical (unpaired) electrons. The lowest BCUT2D eigenvalue weighted by Crippen LogP contribution is -2.34. The SMILES string of the molecule is CCN(CC)C(=O)COc1cc(C)c(S(=O)(=O)Cl)c(C)c1. The Kier molecular flexibility index (Phi) is 6.04. The van der Waals surface area contributed by atoms with E-state index in [4.69, 9.17) is 15.4 Å². The van der Waals surface area contributed by atoms with Crippen LogP contribution in [0.25, 0.3) is 0 Å². The van der Waals surface area contributed by atoms with Crippen LogP contribution in [0, 0.1) is 13.8 Å². The van der Waals surface area contributed by atoms with Gasteiger partial charge in [-0.15, -0.1) is 0 Å². The van der Waals surface area contributed by atoms with Crippen LogP contribution in [0.1, 0.15) is 25.0 Å². The topological polar surface area (TPSA) is 63.7 Å². The number of aryl methyl sites for hydroxylation is 2. The maximum absolute atomic E-state index is 11.9. The van der Waals surface area contributed by atoms with E-state index in [-0.39, 0.29) is 17.4 Å². The van der Waals surface area contributed by atoms with Crippen molar-refractivity contribution in [2.45, 2.75) is 32.6 Å². The highest BCUT2D eigenvalue weighted by Crippen LogP contribution is 2.28. The number of halogens is 1. The minimum Gasteiger partial charge on any atom is -0.484 e. The number of ether oxygens (including phenoxy) is 1. The quantitative estimate of drug-likeness (QED) is 0.750. The zero-order valence-electron chi connectivity index (χ0n) is 12.6. The molecule has 0 aliphatic rings. The fourth-order valence-electron chi connectivity index (χ4n) is 2.19. The van der Waals surface area contributed by atoms with Crippen LogP contribution in [-0.4, -0.2) is 38.9 Å². The van der Waals surface area contributed by atoms with Crippen LogP contribution in [0.4, 0.5) is 0 Å². The molecule has 0 unspecified atom stereocenters. The highest BCUT2D eigenvalue weighted by Gasteiger charge is 2.18. The van der Waals surface area contributed by atoms with Gasteiger partial charge in [-0.3, -0.25) is 4.79 Å². The summed E-state index contributed by atoms with van der Waals surface area (Å²) in [4.78, 5) is 13.6. The number of amides is 1. The summed E-state index contributed by atoms with van der Waals surface area (Å²) in [6.07, 6.45) is 0. The maximum atomic E-state index is 11.9. The molecule has 0 bridgehead atoms. The van der Waals surface area contributed by atoms with Crippen molar-refractivity contribution in [2.75, 3.05) is 19.7 Å². The molecule has 7 heteroatoms. The predicted octanol–water partition coefficient (Wildman–Crippen LogP) is 2.48. The molecular weight excluding hydrogens is 314 g/mol. The van der Waals surface area contributed by atoms with Gasteiger partial charge in [-0.2, -0.15) is 0 Å². The molecule has 21 heavy (non-hydrogen) atoms. The molecule has 0 atom stereocenters. The van der Waals surface area contributed by atoms with Gasteiger partial charge in [0.25, 0.3) is 15.0 Å². The van der Waals surface area contributed by atoms with E-state index in [0.29, 0.717) is 30.0 Å². The number of carbonyl (C=O) groups excluding carboxylic acids is 1. The van der Waals surface area contributed by atoms with E-state index in [0.717, 1.165) is 0 Å². The summed E-state index contributed by atoms with van der Waals surface area (Å²) in [6, 6.07) is 3.13. The lowest BCUT2D eigenvalue weighted by molar-refractivity contribution is -0.132. The fourth-order valence-corrected chi connectivity index (χ4v) is 3.81. The van der Waals surface area contributed by atoms with E-state index in [1.54, 1.807) is 30.9 Å². The molecule has 0 aromatic heterocycles. The van der Waals surface area contributed by atoms with Gasteiger partial charge in [-0.25, -0.2) is 8.42 Å². The number of nitrogens with zero attached hydrogens (tertiary/aromatic N) is 1. The van der Waals surface area contributed by atoms with Crippen molar-refractivity contribution in [3.8, 4) is 5.75 Å². The van der Waals surface area contributed by atoms with Crippen LogP contribution < -0.4 is 4.74 Å². The molecule has 0 N–H and O–H groups in total. The van der Waals surface area contributed by atoms with Crippen LogP contribution in [-0.2, 0) is 13.8 Å². The average Bonchev–Trinajstić information content (AvgIpc) is 2.35. The molecule has 0 aliphatic heterocycles. The van der Waals surface area contributed by atoms with Gasteiger partial charge in [0.2, 0.25) is 0 Å². The summed E-state index contributed by atoms with van der Waals surface area (Å²) in [7, 11) is 1.61. The molecular formula is C14H20ClNO4S. The first-order valence-electron chi connectivity index (χ1n) is 6.67. The standard InChI is InChI=1S/C14H20ClNO4S/c1-5-16(6-2)13(17)9-20-12-7-10(3)14(11(4)8-12)21(15,18)19/h7-8H,5-6,9H2,1-4H3. The van der Waals surface area contributed by atoms with Crippen LogP contribution >= 0.6 is 10.7 Å². The third kappa shape index (κ3) is 4.61. The van der Waals surface area contributed by atoms with E-state index in [2.05, 4.69) is 0 Å². The monoisotopic (exact) mass is 333 g/mol. The van der Waals surface area contributed by atoms with Crippen molar-refractivity contribution in [3.63, 3.8) is 0 Å². The Hall–Kier alpha value is -1.27. The summed E-state index contributed by atoms with van der Waals surface area (Å²) in [6.45, 7) is 8.25. The molecule has 0 fully saturated rings. The van der Waals surface area contributed by atoms with E-state index < -0.39 is 9.05 Å². The number of rotatable bonds is 6. The zero-order valence-corrected chi connectivity index (χ0v) is 14.2. The van der Waals surface area contributed by atoms with Gasteiger partial charge < -0.3 is 9.64 Å². The predicted molar refractivity (Wildman–Crippen MR) is 82.4 cm³/mol. The normalized spacial score (nSPS) is 11.3. The van der Waals surface area contributed by atoms with Crippen LogP contribution in [0.15, 0.2) is 17.0 Å². The maximum Gasteiger partial charge on any atom is 0.261 e. The van der Waals surface area contributed by atoms with E-state index in [9.17, 15) is 13.2 Å². The summed E-state index contributed by atoms with van der Waals surface area (Å²) in [5, 5.41) is 0. The van der Waals surface area contributed by atoms with Gasteiger partial charge >= 0.3 is 0 Å². The fraction of sp³-hybridized carbons (Fsp3) is 0.500. The Bertz CT molecular complexity index is 601. The molecule has 0 aliphatic carbocycles. The number of carbonyl (C=O) groups is 1. The summed E-state index contributed by atoms with van der Waals surface area (Å²) in [5.74, 6) is 0.346. The van der Waals surface area contributed by atoms with Crippen molar-refractivity contribution < 1.29 is 17.9 Å². The molecule has 1 aromatic rings. The minimum absolute atomic E-state index is 0.0759. The molecule has 118 valence electrons. The summed E-state index contributed by atoms with van der Waals surface area (Å²) in [5.41, 5.74) is 0.991. The van der Waals surface area contributed by atoms with Gasteiger partial charge in [-0.05, 0) is 51.0 Å². The number of hydrogen-bond acceptors (Lipinski definition) is 4. The molecule has 1 aromatic carbocycles.